The van der Waals surface area contributed by atoms with E-state index in [1.807, 2.05) is 18.7 Å². The molecule has 2 fully saturated rings. The molecule has 0 spiro atoms. The molecule has 1 saturated carbocycles. The van der Waals surface area contributed by atoms with Gasteiger partial charge in [0.05, 0.1) is 11.8 Å². The van der Waals surface area contributed by atoms with Gasteiger partial charge in [-0.05, 0) is 24.7 Å². The maximum absolute atomic E-state index is 12.2. The number of aliphatic carboxylic acids is 1. The summed E-state index contributed by atoms with van der Waals surface area (Å²) in [5.74, 6) is -1.57. The molecule has 0 aromatic heterocycles. The molecule has 2 rings (SSSR count). The van der Waals surface area contributed by atoms with Crippen LogP contribution in [0.5, 0.6) is 0 Å². The molecule has 90 valence electrons. The molecule has 0 unspecified atom stereocenters. The predicted octanol–water partition coefficient (Wildman–Crippen LogP) is 1.36. The summed E-state index contributed by atoms with van der Waals surface area (Å²) in [5, 5.41) is 9.04. The van der Waals surface area contributed by atoms with Crippen molar-refractivity contribution >= 4 is 11.9 Å². The maximum atomic E-state index is 12.2. The first kappa shape index (κ1) is 11.4. The van der Waals surface area contributed by atoms with Crippen LogP contribution < -0.4 is 0 Å². The number of hydrogen-bond donors (Lipinski definition) is 1. The van der Waals surface area contributed by atoms with E-state index >= 15 is 0 Å². The zero-order valence-corrected chi connectivity index (χ0v) is 9.90. The van der Waals surface area contributed by atoms with E-state index in [0.29, 0.717) is 0 Å². The third kappa shape index (κ3) is 1.70. The van der Waals surface area contributed by atoms with Crippen LogP contribution in [-0.2, 0) is 9.59 Å². The minimum Gasteiger partial charge on any atom is -0.481 e. The highest BCUT2D eigenvalue weighted by Crippen LogP contribution is 2.59. The molecule has 1 aliphatic carbocycles. The van der Waals surface area contributed by atoms with Crippen LogP contribution in [0, 0.1) is 17.3 Å². The Bertz CT molecular complexity index is 318. The van der Waals surface area contributed by atoms with E-state index in [0.717, 1.165) is 25.9 Å². The molecule has 1 amide bonds. The SMILES string of the molecule is CC1(C)[C@H](C(=O)N2CCCCC2)[C@@H]1C(=O)O. The van der Waals surface area contributed by atoms with Gasteiger partial charge in [-0.2, -0.15) is 0 Å². The number of carbonyl (C=O) groups is 2. The number of carbonyl (C=O) groups excluding carboxylic acids is 1. The Kier molecular flexibility index (Phi) is 2.68. The van der Waals surface area contributed by atoms with Crippen LogP contribution in [0.4, 0.5) is 0 Å². The molecule has 1 N–H and O–H groups in total. The maximum Gasteiger partial charge on any atom is 0.307 e. The summed E-state index contributed by atoms with van der Waals surface area (Å²) in [7, 11) is 0. The Morgan fingerprint density at radius 1 is 1.12 bits per heavy atom. The molecule has 0 radical (unpaired) electrons. The Morgan fingerprint density at radius 3 is 2.12 bits per heavy atom. The van der Waals surface area contributed by atoms with Crippen molar-refractivity contribution in [1.29, 1.82) is 0 Å². The predicted molar refractivity (Wildman–Crippen MR) is 58.8 cm³/mol. The van der Waals surface area contributed by atoms with Crippen molar-refractivity contribution in [3.8, 4) is 0 Å². The molecule has 1 heterocycles. The van der Waals surface area contributed by atoms with E-state index in [1.54, 1.807) is 0 Å². The monoisotopic (exact) mass is 225 g/mol. The lowest BCUT2D eigenvalue weighted by Crippen LogP contribution is -2.37. The van der Waals surface area contributed by atoms with Gasteiger partial charge in [-0.15, -0.1) is 0 Å². The van der Waals surface area contributed by atoms with Gasteiger partial charge in [-0.1, -0.05) is 13.8 Å². The van der Waals surface area contributed by atoms with Gasteiger partial charge >= 0.3 is 5.97 Å². The third-order valence-corrected chi connectivity index (χ3v) is 4.03. The summed E-state index contributed by atoms with van der Waals surface area (Å²) >= 11 is 0. The van der Waals surface area contributed by atoms with Gasteiger partial charge in [0.15, 0.2) is 0 Å². The summed E-state index contributed by atoms with van der Waals surface area (Å²) < 4.78 is 0. The number of amides is 1. The highest BCUT2D eigenvalue weighted by Gasteiger charge is 2.66. The summed E-state index contributed by atoms with van der Waals surface area (Å²) in [5.41, 5.74) is -0.361. The van der Waals surface area contributed by atoms with E-state index in [-0.39, 0.29) is 17.2 Å². The molecule has 4 nitrogen and oxygen atoms in total. The minimum atomic E-state index is -0.833. The second-order valence-corrected chi connectivity index (χ2v) is 5.50. The first-order valence-electron chi connectivity index (χ1n) is 5.98. The zero-order valence-electron chi connectivity index (χ0n) is 9.90. The van der Waals surface area contributed by atoms with Gasteiger partial charge in [-0.25, -0.2) is 0 Å². The second-order valence-electron chi connectivity index (χ2n) is 5.50. The molecule has 0 aromatic carbocycles. The zero-order chi connectivity index (χ0) is 11.9. The van der Waals surface area contributed by atoms with Crippen LogP contribution in [-0.4, -0.2) is 35.0 Å². The van der Waals surface area contributed by atoms with Gasteiger partial charge < -0.3 is 10.0 Å². The normalized spacial score (nSPS) is 32.2. The van der Waals surface area contributed by atoms with Crippen LogP contribution in [0.25, 0.3) is 0 Å². The average Bonchev–Trinajstić information content (AvgIpc) is 2.82. The number of nitrogens with zero attached hydrogens (tertiary/aromatic N) is 1. The van der Waals surface area contributed by atoms with Crippen LogP contribution in [0.3, 0.4) is 0 Å². The molecule has 16 heavy (non-hydrogen) atoms. The molecule has 2 aliphatic rings. The van der Waals surface area contributed by atoms with Gasteiger partial charge in [0.1, 0.15) is 0 Å². The fourth-order valence-corrected chi connectivity index (χ4v) is 2.87. The van der Waals surface area contributed by atoms with Crippen LogP contribution >= 0.6 is 0 Å². The van der Waals surface area contributed by atoms with Crippen molar-refractivity contribution in [2.45, 2.75) is 33.1 Å². The number of piperidine rings is 1. The van der Waals surface area contributed by atoms with E-state index in [1.165, 1.54) is 6.42 Å². The Labute approximate surface area is 95.6 Å². The van der Waals surface area contributed by atoms with E-state index in [2.05, 4.69) is 0 Å². The molecule has 1 aliphatic heterocycles. The lowest BCUT2D eigenvalue weighted by atomic mass is 10.1. The van der Waals surface area contributed by atoms with Gasteiger partial charge in [-0.3, -0.25) is 9.59 Å². The van der Waals surface area contributed by atoms with E-state index in [9.17, 15) is 9.59 Å². The topological polar surface area (TPSA) is 57.6 Å². The largest absolute Gasteiger partial charge is 0.481 e. The molecule has 2 atom stereocenters. The highest BCUT2D eigenvalue weighted by molar-refractivity contribution is 5.91. The van der Waals surface area contributed by atoms with Gasteiger partial charge in [0.2, 0.25) is 5.91 Å². The summed E-state index contributed by atoms with van der Waals surface area (Å²) in [6, 6.07) is 0. The van der Waals surface area contributed by atoms with Gasteiger partial charge in [0.25, 0.3) is 0 Å². The number of rotatable bonds is 2. The standard InChI is InChI=1S/C12H19NO3/c1-12(2)8(9(12)11(15)16)10(14)13-6-4-3-5-7-13/h8-9H,3-7H2,1-2H3,(H,15,16)/t8-,9+/m0/s1. The minimum absolute atomic E-state index is 0.0529. The molecule has 0 bridgehead atoms. The smallest absolute Gasteiger partial charge is 0.307 e. The van der Waals surface area contributed by atoms with Gasteiger partial charge in [0, 0.05) is 13.1 Å². The quantitative estimate of drug-likeness (QED) is 0.772. The molecular formula is C12H19NO3. The number of carboxylic acids is 1. The lowest BCUT2D eigenvalue weighted by Gasteiger charge is -2.27. The molecule has 4 heteroatoms. The first-order chi connectivity index (χ1) is 7.46. The number of hydrogen-bond acceptors (Lipinski definition) is 2. The number of carboxylic acid groups (broad SMARTS) is 1. The summed E-state index contributed by atoms with van der Waals surface area (Å²) in [6.45, 7) is 5.35. The van der Waals surface area contributed by atoms with Crippen LogP contribution in [0.2, 0.25) is 0 Å². The molecule has 0 aromatic rings. The molecular weight excluding hydrogens is 206 g/mol. The van der Waals surface area contributed by atoms with Crippen molar-refractivity contribution in [3.05, 3.63) is 0 Å². The van der Waals surface area contributed by atoms with Crippen molar-refractivity contribution < 1.29 is 14.7 Å². The van der Waals surface area contributed by atoms with E-state index < -0.39 is 11.9 Å². The van der Waals surface area contributed by atoms with E-state index in [4.69, 9.17) is 5.11 Å². The van der Waals surface area contributed by atoms with Crippen LogP contribution in [0.1, 0.15) is 33.1 Å². The first-order valence-corrected chi connectivity index (χ1v) is 5.98. The fraction of sp³-hybridized carbons (Fsp3) is 0.833. The van der Waals surface area contributed by atoms with Crippen molar-refractivity contribution in [2.24, 2.45) is 17.3 Å². The second kappa shape index (κ2) is 3.75. The van der Waals surface area contributed by atoms with Crippen molar-refractivity contribution in [1.82, 2.24) is 4.90 Å². The average molecular weight is 225 g/mol. The summed E-state index contributed by atoms with van der Waals surface area (Å²) in [6.07, 6.45) is 3.29. The molecule has 1 saturated heterocycles. The Hall–Kier alpha value is -1.06. The highest BCUT2D eigenvalue weighted by atomic mass is 16.4. The van der Waals surface area contributed by atoms with Crippen LogP contribution in [0.15, 0.2) is 0 Å². The third-order valence-electron chi connectivity index (χ3n) is 4.03. The summed E-state index contributed by atoms with van der Waals surface area (Å²) in [4.78, 5) is 25.0. The number of likely N-dealkylation sites (tertiary alicyclic amines) is 1. The Balaban J connectivity index is 2.03. The Morgan fingerprint density at radius 2 is 1.69 bits per heavy atom. The van der Waals surface area contributed by atoms with Crippen molar-refractivity contribution in [2.75, 3.05) is 13.1 Å². The van der Waals surface area contributed by atoms with Crippen molar-refractivity contribution in [3.63, 3.8) is 0 Å². The lowest BCUT2D eigenvalue weighted by molar-refractivity contribution is -0.142. The fourth-order valence-electron chi connectivity index (χ4n) is 2.87.